The summed E-state index contributed by atoms with van der Waals surface area (Å²) in [6, 6.07) is 12.1. The summed E-state index contributed by atoms with van der Waals surface area (Å²) in [7, 11) is 1.79. The largest absolute Gasteiger partial charge is 0.444 e. The van der Waals surface area contributed by atoms with Crippen molar-refractivity contribution < 1.29 is 19.1 Å². The van der Waals surface area contributed by atoms with Gasteiger partial charge in [0.2, 0.25) is 11.8 Å². The molecule has 1 saturated heterocycles. The molecule has 0 aromatic heterocycles. The Morgan fingerprint density at radius 1 is 1.21 bits per heavy atom. The van der Waals surface area contributed by atoms with Gasteiger partial charge < -0.3 is 19.4 Å². The number of fused-ring (bicyclic) bond motifs is 1. The number of carbonyl (C=O) groups excluding carboxylic acids is 3. The van der Waals surface area contributed by atoms with Crippen molar-refractivity contribution in [2.24, 2.45) is 0 Å². The van der Waals surface area contributed by atoms with E-state index in [0.717, 1.165) is 41.5 Å². The molecule has 39 heavy (non-hydrogen) atoms. The Morgan fingerprint density at radius 3 is 2.74 bits per heavy atom. The molecule has 2 aliphatic heterocycles. The van der Waals surface area contributed by atoms with Gasteiger partial charge in [0.1, 0.15) is 17.9 Å². The van der Waals surface area contributed by atoms with Gasteiger partial charge in [0.25, 0.3) is 0 Å². The molecule has 1 aliphatic carbocycles. The van der Waals surface area contributed by atoms with E-state index < -0.39 is 0 Å². The quantitative estimate of drug-likeness (QED) is 0.465. The molecule has 2 heterocycles. The fourth-order valence-electron chi connectivity index (χ4n) is 5.38. The molecule has 0 radical (unpaired) electrons. The zero-order chi connectivity index (χ0) is 27.7. The van der Waals surface area contributed by atoms with Crippen LogP contribution < -0.4 is 0 Å². The number of aryl methyl sites for hydroxylation is 2. The third kappa shape index (κ3) is 6.10. The summed E-state index contributed by atoms with van der Waals surface area (Å²) in [6.45, 7) is 3.29. The Labute approximate surface area is 243 Å². The van der Waals surface area contributed by atoms with Crippen LogP contribution in [0.15, 0.2) is 42.5 Å². The minimum atomic E-state index is -0.375. The van der Waals surface area contributed by atoms with Gasteiger partial charge in [0.15, 0.2) is 0 Å². The highest BCUT2D eigenvalue weighted by Gasteiger charge is 2.33. The number of hydrogen-bond donors (Lipinski definition) is 1. The third-order valence-corrected chi connectivity index (χ3v) is 9.74. The first-order chi connectivity index (χ1) is 18.7. The standard InChI is InChI=1S/C29H32ClN3O4S2/c1-18-3-7-24(30)22(13-18)16-37-28(36)31(2)25-8-6-20-4-5-21(14-23(20)25)19-9-11-32(12-10-19)26(34)15-33-27(35)17-39-29(33)38/h3-5,7,9,13-14,25,29,38H,6,8,10-12,15-17H2,1-2H3. The van der Waals surface area contributed by atoms with Gasteiger partial charge in [-0.25, -0.2) is 4.79 Å². The zero-order valence-electron chi connectivity index (χ0n) is 22.1. The van der Waals surface area contributed by atoms with E-state index in [2.05, 4.69) is 36.9 Å². The van der Waals surface area contributed by atoms with Crippen molar-refractivity contribution in [1.29, 1.82) is 0 Å². The highest BCUT2D eigenvalue weighted by atomic mass is 35.5. The van der Waals surface area contributed by atoms with E-state index in [0.29, 0.717) is 23.9 Å². The Balaban J connectivity index is 1.22. The summed E-state index contributed by atoms with van der Waals surface area (Å²) in [6.07, 6.45) is 4.20. The van der Waals surface area contributed by atoms with Crippen molar-refractivity contribution in [2.45, 2.75) is 43.5 Å². The number of halogens is 1. The first kappa shape index (κ1) is 27.9. The number of benzene rings is 2. The minimum Gasteiger partial charge on any atom is -0.444 e. The van der Waals surface area contributed by atoms with Gasteiger partial charge in [0.05, 0.1) is 11.8 Å². The normalized spacial score (nSPS) is 20.6. The van der Waals surface area contributed by atoms with Crippen LogP contribution in [0.4, 0.5) is 4.79 Å². The molecule has 0 spiro atoms. The number of ether oxygens (including phenoxy) is 1. The average molecular weight is 586 g/mol. The number of thioether (sulfide) groups is 1. The zero-order valence-corrected chi connectivity index (χ0v) is 24.5. The first-order valence-corrected chi connectivity index (χ1v) is 15.0. The van der Waals surface area contributed by atoms with Gasteiger partial charge in [-0.05, 0) is 60.6 Å². The summed E-state index contributed by atoms with van der Waals surface area (Å²) in [5.74, 6) is 0.280. The lowest BCUT2D eigenvalue weighted by atomic mass is 9.95. The van der Waals surface area contributed by atoms with Crippen molar-refractivity contribution in [3.8, 4) is 0 Å². The van der Waals surface area contributed by atoms with Crippen molar-refractivity contribution in [3.63, 3.8) is 0 Å². The van der Waals surface area contributed by atoms with Crippen molar-refractivity contribution in [1.82, 2.24) is 14.7 Å². The van der Waals surface area contributed by atoms with Crippen LogP contribution in [0.2, 0.25) is 5.02 Å². The molecule has 0 N–H and O–H groups in total. The average Bonchev–Trinajstić information content (AvgIpc) is 3.51. The van der Waals surface area contributed by atoms with Gasteiger partial charge in [-0.15, -0.1) is 24.4 Å². The molecule has 2 atom stereocenters. The predicted molar refractivity (Wildman–Crippen MR) is 158 cm³/mol. The van der Waals surface area contributed by atoms with Crippen LogP contribution in [-0.2, 0) is 27.4 Å². The minimum absolute atomic E-state index is 0.0397. The molecule has 7 nitrogen and oxygen atoms in total. The Kier molecular flexibility index (Phi) is 8.49. The monoisotopic (exact) mass is 585 g/mol. The van der Waals surface area contributed by atoms with Crippen molar-refractivity contribution >= 4 is 59.5 Å². The van der Waals surface area contributed by atoms with Crippen LogP contribution in [0, 0.1) is 6.92 Å². The molecular formula is C29H32ClN3O4S2. The van der Waals surface area contributed by atoms with Crippen molar-refractivity contribution in [2.75, 3.05) is 32.4 Å². The number of thiol groups is 1. The van der Waals surface area contributed by atoms with Gasteiger partial charge in [-0.3, -0.25) is 9.59 Å². The molecular weight excluding hydrogens is 554 g/mol. The number of amides is 3. The number of carbonyl (C=O) groups is 3. The van der Waals surface area contributed by atoms with Gasteiger partial charge in [-0.1, -0.05) is 47.5 Å². The topological polar surface area (TPSA) is 70.2 Å². The maximum Gasteiger partial charge on any atom is 0.410 e. The fraction of sp³-hybridized carbons (Fsp3) is 0.414. The second-order valence-corrected chi connectivity index (χ2v) is 12.5. The Morgan fingerprint density at radius 2 is 2.03 bits per heavy atom. The molecule has 1 fully saturated rings. The summed E-state index contributed by atoms with van der Waals surface area (Å²) >= 11 is 12.1. The summed E-state index contributed by atoms with van der Waals surface area (Å²) in [4.78, 5) is 42.8. The third-order valence-electron chi connectivity index (χ3n) is 7.68. The van der Waals surface area contributed by atoms with Crippen LogP contribution >= 0.6 is 36.0 Å². The molecule has 10 heteroatoms. The summed E-state index contributed by atoms with van der Waals surface area (Å²) < 4.78 is 5.36. The molecule has 3 amide bonds. The van der Waals surface area contributed by atoms with Gasteiger partial charge >= 0.3 is 6.09 Å². The highest BCUT2D eigenvalue weighted by Crippen LogP contribution is 2.38. The van der Waals surface area contributed by atoms with E-state index in [1.165, 1.54) is 27.8 Å². The fourth-order valence-corrected chi connectivity index (χ4v) is 6.81. The number of rotatable bonds is 6. The van der Waals surface area contributed by atoms with E-state index in [1.807, 2.05) is 25.1 Å². The van der Waals surface area contributed by atoms with Crippen molar-refractivity contribution in [3.05, 3.63) is 75.3 Å². The first-order valence-electron chi connectivity index (χ1n) is 13.0. The highest BCUT2D eigenvalue weighted by molar-refractivity contribution is 8.11. The van der Waals surface area contributed by atoms with E-state index in [1.54, 1.807) is 16.8 Å². The van der Waals surface area contributed by atoms with Gasteiger partial charge in [0, 0.05) is 30.7 Å². The Hall–Kier alpha value is -2.62. The lowest BCUT2D eigenvalue weighted by Crippen LogP contribution is -2.44. The lowest BCUT2D eigenvalue weighted by Gasteiger charge is -2.29. The maximum absolute atomic E-state index is 12.9. The maximum atomic E-state index is 12.9. The second-order valence-electron chi connectivity index (χ2n) is 10.2. The molecule has 2 unspecified atom stereocenters. The van der Waals surface area contributed by atoms with E-state index in [4.69, 9.17) is 16.3 Å². The van der Waals surface area contributed by atoms with E-state index in [-0.39, 0.29) is 41.8 Å². The Bertz CT molecular complexity index is 1330. The summed E-state index contributed by atoms with van der Waals surface area (Å²) in [5, 5.41) is 0.586. The molecule has 3 aliphatic rings. The summed E-state index contributed by atoms with van der Waals surface area (Å²) in [5.41, 5.74) is 6.54. The van der Waals surface area contributed by atoms with E-state index in [9.17, 15) is 14.4 Å². The molecule has 2 aromatic rings. The van der Waals surface area contributed by atoms with E-state index >= 15 is 0 Å². The molecule has 206 valence electrons. The SMILES string of the molecule is Cc1ccc(Cl)c(COC(=O)N(C)C2CCc3ccc(C4=CCN(C(=O)CN5C(=O)CSC5S)CC4)cc32)c1. The van der Waals surface area contributed by atoms with Crippen LogP contribution in [0.3, 0.4) is 0 Å². The molecule has 2 aromatic carbocycles. The predicted octanol–water partition coefficient (Wildman–Crippen LogP) is 5.31. The van der Waals surface area contributed by atoms with Crippen LogP contribution in [-0.4, -0.2) is 69.7 Å². The number of nitrogens with zero attached hydrogens (tertiary/aromatic N) is 3. The molecule has 0 bridgehead atoms. The second kappa shape index (κ2) is 11.9. The number of hydrogen-bond acceptors (Lipinski definition) is 6. The smallest absolute Gasteiger partial charge is 0.410 e. The molecule has 0 saturated carbocycles. The molecule has 5 rings (SSSR count). The van der Waals surface area contributed by atoms with Gasteiger partial charge in [-0.2, -0.15) is 0 Å². The van der Waals surface area contributed by atoms with Crippen LogP contribution in [0.25, 0.3) is 5.57 Å². The lowest BCUT2D eigenvalue weighted by molar-refractivity contribution is -0.138. The van der Waals surface area contributed by atoms with Crippen LogP contribution in [0.1, 0.15) is 46.7 Å². The van der Waals surface area contributed by atoms with Crippen LogP contribution in [0.5, 0.6) is 0 Å².